The Labute approximate surface area is 205 Å². The van der Waals surface area contributed by atoms with Gasteiger partial charge in [-0.05, 0) is 55.3 Å². The Hall–Kier alpha value is -3.24. The van der Waals surface area contributed by atoms with Crippen molar-refractivity contribution in [3.05, 3.63) is 53.9 Å². The first-order valence-electron chi connectivity index (χ1n) is 11.9. The summed E-state index contributed by atoms with van der Waals surface area (Å²) in [6.45, 7) is 4.42. The van der Waals surface area contributed by atoms with E-state index in [9.17, 15) is 18.0 Å². The summed E-state index contributed by atoms with van der Waals surface area (Å²) in [6.07, 6.45) is 2.67. The fourth-order valence-corrected chi connectivity index (χ4v) is 5.45. The average molecular weight is 498 g/mol. The highest BCUT2D eigenvalue weighted by Crippen LogP contribution is 2.23. The Kier molecular flexibility index (Phi) is 7.23. The molecule has 0 unspecified atom stereocenters. The number of nitrogens with one attached hydrogen (secondary N) is 2. The molecular weight excluding hydrogens is 466 g/mol. The van der Waals surface area contributed by atoms with E-state index in [-0.39, 0.29) is 23.1 Å². The van der Waals surface area contributed by atoms with Gasteiger partial charge in [-0.2, -0.15) is 4.31 Å². The standard InChI is InChI=1S/C25H31N5O4S/c1-4-30(5-2)35(33,34)20-12-13-22-21(16-20)28-23(29(22)3)14-15-24(31)26-18-8-6-17(7-9-18)25(32)27-19-10-11-19/h6-9,12-13,16,19H,4-5,10-11,14-15H2,1-3H3,(H,26,31)(H,27,32). The smallest absolute Gasteiger partial charge is 0.251 e. The van der Waals surface area contributed by atoms with Crippen LogP contribution in [0.3, 0.4) is 0 Å². The third kappa shape index (κ3) is 5.54. The molecule has 1 aromatic heterocycles. The summed E-state index contributed by atoms with van der Waals surface area (Å²) in [5, 5.41) is 5.78. The molecule has 1 aliphatic carbocycles. The van der Waals surface area contributed by atoms with Gasteiger partial charge < -0.3 is 15.2 Å². The van der Waals surface area contributed by atoms with Crippen LogP contribution >= 0.6 is 0 Å². The first kappa shape index (κ1) is 24.9. The number of anilines is 1. The largest absolute Gasteiger partial charge is 0.349 e. The fourth-order valence-electron chi connectivity index (χ4n) is 3.98. The van der Waals surface area contributed by atoms with Crippen LogP contribution in [0, 0.1) is 0 Å². The van der Waals surface area contributed by atoms with Crippen LogP contribution in [0.5, 0.6) is 0 Å². The van der Waals surface area contributed by atoms with E-state index in [0.29, 0.717) is 48.1 Å². The molecule has 1 fully saturated rings. The predicted molar refractivity (Wildman–Crippen MR) is 135 cm³/mol. The molecule has 3 aromatic rings. The Morgan fingerprint density at radius 3 is 2.40 bits per heavy atom. The third-order valence-corrected chi connectivity index (χ3v) is 8.25. The second kappa shape index (κ2) is 10.2. The predicted octanol–water partition coefficient (Wildman–Crippen LogP) is 3.07. The summed E-state index contributed by atoms with van der Waals surface area (Å²) in [5.74, 6) is 0.428. The van der Waals surface area contributed by atoms with E-state index in [4.69, 9.17) is 0 Å². The fraction of sp³-hybridized carbons (Fsp3) is 0.400. The molecule has 1 heterocycles. The summed E-state index contributed by atoms with van der Waals surface area (Å²) < 4.78 is 29.0. The van der Waals surface area contributed by atoms with Crippen LogP contribution in [0.25, 0.3) is 11.0 Å². The van der Waals surface area contributed by atoms with Gasteiger partial charge in [0.1, 0.15) is 5.82 Å². The van der Waals surface area contributed by atoms with Crippen molar-refractivity contribution in [2.24, 2.45) is 7.05 Å². The van der Waals surface area contributed by atoms with Crippen molar-refractivity contribution in [3.63, 3.8) is 0 Å². The average Bonchev–Trinajstić information content (AvgIpc) is 3.60. The lowest BCUT2D eigenvalue weighted by atomic mass is 10.2. The molecule has 0 bridgehead atoms. The molecule has 0 spiro atoms. The zero-order chi connectivity index (χ0) is 25.2. The van der Waals surface area contributed by atoms with Crippen LogP contribution in [-0.4, -0.2) is 53.2 Å². The van der Waals surface area contributed by atoms with Gasteiger partial charge >= 0.3 is 0 Å². The summed E-state index contributed by atoms with van der Waals surface area (Å²) in [6, 6.07) is 12.1. The molecule has 1 aliphatic rings. The van der Waals surface area contributed by atoms with Crippen molar-refractivity contribution >= 4 is 38.6 Å². The van der Waals surface area contributed by atoms with Crippen LogP contribution < -0.4 is 10.6 Å². The topological polar surface area (TPSA) is 113 Å². The minimum Gasteiger partial charge on any atom is -0.349 e. The number of amides is 2. The van der Waals surface area contributed by atoms with Crippen molar-refractivity contribution < 1.29 is 18.0 Å². The number of hydrogen-bond donors (Lipinski definition) is 2. The number of fused-ring (bicyclic) bond motifs is 1. The molecule has 0 saturated heterocycles. The number of carbonyl (C=O) groups is 2. The molecule has 2 N–H and O–H groups in total. The van der Waals surface area contributed by atoms with Gasteiger partial charge in [-0.15, -0.1) is 0 Å². The number of aromatic nitrogens is 2. The lowest BCUT2D eigenvalue weighted by Gasteiger charge is -2.18. The molecule has 0 atom stereocenters. The summed E-state index contributed by atoms with van der Waals surface area (Å²) in [5.41, 5.74) is 2.57. The van der Waals surface area contributed by atoms with Gasteiger partial charge in [-0.25, -0.2) is 13.4 Å². The number of hydrogen-bond acceptors (Lipinski definition) is 5. The number of benzene rings is 2. The number of rotatable bonds is 10. The monoisotopic (exact) mass is 497 g/mol. The highest BCUT2D eigenvalue weighted by Gasteiger charge is 2.24. The van der Waals surface area contributed by atoms with Crippen molar-refractivity contribution in [2.75, 3.05) is 18.4 Å². The Bertz CT molecular complexity index is 1340. The summed E-state index contributed by atoms with van der Waals surface area (Å²) in [7, 11) is -1.72. The van der Waals surface area contributed by atoms with Crippen LogP contribution in [-0.2, 0) is 28.3 Å². The molecule has 2 amide bonds. The van der Waals surface area contributed by atoms with Crippen LogP contribution in [0.1, 0.15) is 49.3 Å². The molecular formula is C25H31N5O4S. The number of aryl methyl sites for hydroxylation is 2. The van der Waals surface area contributed by atoms with Crippen molar-refractivity contribution in [3.8, 4) is 0 Å². The maximum Gasteiger partial charge on any atom is 0.251 e. The maximum atomic E-state index is 12.8. The quantitative estimate of drug-likeness (QED) is 0.447. The Morgan fingerprint density at radius 2 is 1.77 bits per heavy atom. The number of sulfonamides is 1. The second-order valence-corrected chi connectivity index (χ2v) is 10.6. The molecule has 4 rings (SSSR count). The van der Waals surface area contributed by atoms with E-state index in [2.05, 4.69) is 15.6 Å². The maximum absolute atomic E-state index is 12.8. The number of carbonyl (C=O) groups excluding carboxylic acids is 2. The van der Waals surface area contributed by atoms with Gasteiger partial charge in [0.15, 0.2) is 0 Å². The summed E-state index contributed by atoms with van der Waals surface area (Å²) >= 11 is 0. The lowest BCUT2D eigenvalue weighted by Crippen LogP contribution is -2.30. The zero-order valence-electron chi connectivity index (χ0n) is 20.2. The number of nitrogens with zero attached hydrogens (tertiary/aromatic N) is 3. The molecule has 10 heteroatoms. The first-order valence-corrected chi connectivity index (χ1v) is 13.3. The minimum absolute atomic E-state index is 0.0970. The highest BCUT2D eigenvalue weighted by atomic mass is 32.2. The van der Waals surface area contributed by atoms with Gasteiger partial charge in [0, 0.05) is 50.3 Å². The van der Waals surface area contributed by atoms with E-state index in [0.717, 1.165) is 18.4 Å². The van der Waals surface area contributed by atoms with Crippen LogP contribution in [0.2, 0.25) is 0 Å². The van der Waals surface area contributed by atoms with Crippen LogP contribution in [0.15, 0.2) is 47.4 Å². The van der Waals surface area contributed by atoms with Crippen molar-refractivity contribution in [1.82, 2.24) is 19.2 Å². The molecule has 9 nitrogen and oxygen atoms in total. The normalized spacial score (nSPS) is 13.8. The van der Waals surface area contributed by atoms with Gasteiger partial charge in [0.2, 0.25) is 15.9 Å². The minimum atomic E-state index is -3.57. The van der Waals surface area contributed by atoms with Gasteiger partial charge in [-0.1, -0.05) is 13.8 Å². The highest BCUT2D eigenvalue weighted by molar-refractivity contribution is 7.89. The Balaban J connectivity index is 1.40. The molecule has 186 valence electrons. The van der Waals surface area contributed by atoms with Gasteiger partial charge in [0.25, 0.3) is 5.91 Å². The van der Waals surface area contributed by atoms with E-state index in [1.165, 1.54) is 4.31 Å². The molecule has 1 saturated carbocycles. The third-order valence-electron chi connectivity index (χ3n) is 6.21. The SMILES string of the molecule is CCN(CC)S(=O)(=O)c1ccc2c(c1)nc(CCC(=O)Nc1ccc(C(=O)NC3CC3)cc1)n2C. The van der Waals surface area contributed by atoms with Gasteiger partial charge in [-0.3, -0.25) is 9.59 Å². The molecule has 0 aliphatic heterocycles. The van der Waals surface area contributed by atoms with E-state index in [1.807, 2.05) is 25.5 Å². The van der Waals surface area contributed by atoms with E-state index >= 15 is 0 Å². The first-order chi connectivity index (χ1) is 16.7. The van der Waals surface area contributed by atoms with Crippen molar-refractivity contribution in [1.29, 1.82) is 0 Å². The van der Waals surface area contributed by atoms with Gasteiger partial charge in [0.05, 0.1) is 15.9 Å². The zero-order valence-corrected chi connectivity index (χ0v) is 21.1. The van der Waals surface area contributed by atoms with E-state index < -0.39 is 10.0 Å². The number of imidazole rings is 1. The van der Waals surface area contributed by atoms with E-state index in [1.54, 1.807) is 42.5 Å². The summed E-state index contributed by atoms with van der Waals surface area (Å²) in [4.78, 5) is 29.4. The molecule has 2 aromatic carbocycles. The van der Waals surface area contributed by atoms with Crippen LogP contribution in [0.4, 0.5) is 5.69 Å². The lowest BCUT2D eigenvalue weighted by molar-refractivity contribution is -0.116. The second-order valence-electron chi connectivity index (χ2n) is 8.70. The molecule has 0 radical (unpaired) electrons. The molecule has 35 heavy (non-hydrogen) atoms. The Morgan fingerprint density at radius 1 is 1.09 bits per heavy atom. The van der Waals surface area contributed by atoms with Crippen molar-refractivity contribution in [2.45, 2.75) is 50.5 Å².